The molecule has 2 N–H and O–H groups in total. The van der Waals surface area contributed by atoms with Gasteiger partial charge in [-0.2, -0.15) is 0 Å². The van der Waals surface area contributed by atoms with Gasteiger partial charge in [0, 0.05) is 17.3 Å². The molecule has 0 aromatic heterocycles. The first-order valence-corrected chi connectivity index (χ1v) is 6.82. The van der Waals surface area contributed by atoms with Gasteiger partial charge >= 0.3 is 0 Å². The Morgan fingerprint density at radius 3 is 2.53 bits per heavy atom. The van der Waals surface area contributed by atoms with Crippen LogP contribution in [0.1, 0.15) is 12.5 Å². The molecule has 0 spiro atoms. The number of benzene rings is 1. The second-order valence-corrected chi connectivity index (χ2v) is 6.06. The first kappa shape index (κ1) is 12.5. The Hall–Kier alpha value is -0.580. The van der Waals surface area contributed by atoms with Crippen molar-refractivity contribution in [2.24, 2.45) is 5.73 Å². The molecule has 0 saturated heterocycles. The zero-order chi connectivity index (χ0) is 11.6. The van der Waals surface area contributed by atoms with Gasteiger partial charge in [0.2, 0.25) is 0 Å². The molecule has 1 unspecified atom stereocenters. The molecule has 0 bridgehead atoms. The Morgan fingerprint density at radius 1 is 1.47 bits per heavy atom. The number of rotatable bonds is 3. The highest BCUT2D eigenvalue weighted by Crippen LogP contribution is 2.24. The maximum absolute atomic E-state index is 11.5. The molecule has 0 amide bonds. The predicted molar refractivity (Wildman–Crippen MR) is 61.9 cm³/mol. The monoisotopic (exact) mass is 247 g/mol. The Labute approximate surface area is 95.2 Å². The first-order valence-electron chi connectivity index (χ1n) is 4.55. The van der Waals surface area contributed by atoms with Crippen LogP contribution in [0.5, 0.6) is 0 Å². The molecule has 0 saturated carbocycles. The zero-order valence-corrected chi connectivity index (χ0v) is 10.3. The number of hydrogen-bond acceptors (Lipinski definition) is 3. The molecule has 1 rings (SSSR count). The van der Waals surface area contributed by atoms with Crippen molar-refractivity contribution in [3.05, 3.63) is 28.8 Å². The van der Waals surface area contributed by atoms with Crippen LogP contribution in [0.15, 0.2) is 23.1 Å². The molecule has 0 fully saturated rings. The van der Waals surface area contributed by atoms with E-state index in [1.165, 1.54) is 6.26 Å². The summed E-state index contributed by atoms with van der Waals surface area (Å²) in [6.45, 7) is 1.81. The Morgan fingerprint density at radius 2 is 2.07 bits per heavy atom. The van der Waals surface area contributed by atoms with Crippen molar-refractivity contribution in [1.29, 1.82) is 0 Å². The van der Waals surface area contributed by atoms with Crippen LogP contribution in [0.2, 0.25) is 5.02 Å². The molecule has 1 atom stereocenters. The van der Waals surface area contributed by atoms with E-state index in [2.05, 4.69) is 0 Å². The largest absolute Gasteiger partial charge is 0.328 e. The van der Waals surface area contributed by atoms with Gasteiger partial charge in [-0.1, -0.05) is 17.7 Å². The van der Waals surface area contributed by atoms with E-state index < -0.39 is 9.84 Å². The fraction of sp³-hybridized carbons (Fsp3) is 0.400. The highest BCUT2D eigenvalue weighted by Gasteiger charge is 2.16. The van der Waals surface area contributed by atoms with E-state index in [-0.39, 0.29) is 10.9 Å². The SMILES string of the molecule is CC(N)Cc1c(Cl)cccc1S(C)(=O)=O. The highest BCUT2D eigenvalue weighted by molar-refractivity contribution is 7.90. The van der Waals surface area contributed by atoms with Crippen molar-refractivity contribution >= 4 is 21.4 Å². The van der Waals surface area contributed by atoms with Crippen molar-refractivity contribution in [3.63, 3.8) is 0 Å². The molecule has 1 aromatic rings. The lowest BCUT2D eigenvalue weighted by Gasteiger charge is -2.11. The third kappa shape index (κ3) is 3.19. The Balaban J connectivity index is 3.33. The number of hydrogen-bond donors (Lipinski definition) is 1. The smallest absolute Gasteiger partial charge is 0.175 e. The summed E-state index contributed by atoms with van der Waals surface area (Å²) in [7, 11) is -3.24. The number of halogens is 1. The summed E-state index contributed by atoms with van der Waals surface area (Å²) >= 11 is 5.96. The van der Waals surface area contributed by atoms with E-state index in [9.17, 15) is 8.42 Å². The Kier molecular flexibility index (Phi) is 3.76. The average molecular weight is 248 g/mol. The topological polar surface area (TPSA) is 60.2 Å². The van der Waals surface area contributed by atoms with Gasteiger partial charge in [0.1, 0.15) is 0 Å². The number of sulfone groups is 1. The summed E-state index contributed by atoms with van der Waals surface area (Å²) < 4.78 is 23.0. The van der Waals surface area contributed by atoms with E-state index in [1.807, 2.05) is 6.92 Å². The van der Waals surface area contributed by atoms with Crippen LogP contribution in [0.25, 0.3) is 0 Å². The molecule has 0 aliphatic heterocycles. The summed E-state index contributed by atoms with van der Waals surface area (Å²) in [6.07, 6.45) is 1.63. The van der Waals surface area contributed by atoms with Crippen molar-refractivity contribution in [1.82, 2.24) is 0 Å². The van der Waals surface area contributed by atoms with Crippen molar-refractivity contribution in [2.75, 3.05) is 6.26 Å². The van der Waals surface area contributed by atoms with Gasteiger partial charge in [0.25, 0.3) is 0 Å². The standard InChI is InChI=1S/C10H14ClNO2S/c1-7(12)6-8-9(11)4-3-5-10(8)15(2,13)14/h3-5,7H,6,12H2,1-2H3. The quantitative estimate of drug-likeness (QED) is 0.883. The van der Waals surface area contributed by atoms with Crippen molar-refractivity contribution in [2.45, 2.75) is 24.3 Å². The normalized spacial score (nSPS) is 13.9. The molecule has 3 nitrogen and oxygen atoms in total. The van der Waals surface area contributed by atoms with Crippen LogP contribution in [-0.4, -0.2) is 20.7 Å². The van der Waals surface area contributed by atoms with E-state index in [0.717, 1.165) is 0 Å². The molecule has 0 aliphatic rings. The highest BCUT2D eigenvalue weighted by atomic mass is 35.5. The summed E-state index contributed by atoms with van der Waals surface area (Å²) in [5.74, 6) is 0. The molecule has 84 valence electrons. The summed E-state index contributed by atoms with van der Waals surface area (Å²) in [4.78, 5) is 0.271. The minimum absolute atomic E-state index is 0.120. The lowest BCUT2D eigenvalue weighted by atomic mass is 10.1. The lowest BCUT2D eigenvalue weighted by molar-refractivity contribution is 0.599. The minimum atomic E-state index is -3.24. The van der Waals surface area contributed by atoms with E-state index in [1.54, 1.807) is 18.2 Å². The van der Waals surface area contributed by atoms with Gasteiger partial charge in [0.05, 0.1) is 4.90 Å². The third-order valence-corrected chi connectivity index (χ3v) is 3.54. The lowest BCUT2D eigenvalue weighted by Crippen LogP contribution is -2.19. The van der Waals surface area contributed by atoms with Crippen LogP contribution in [0.4, 0.5) is 0 Å². The van der Waals surface area contributed by atoms with Gasteiger partial charge in [-0.15, -0.1) is 0 Å². The summed E-state index contributed by atoms with van der Waals surface area (Å²) in [5, 5.41) is 0.454. The van der Waals surface area contributed by atoms with Gasteiger partial charge in [-0.3, -0.25) is 0 Å². The molecule has 1 aromatic carbocycles. The van der Waals surface area contributed by atoms with Gasteiger partial charge in [0.15, 0.2) is 9.84 Å². The zero-order valence-electron chi connectivity index (χ0n) is 8.70. The Bertz CT molecular complexity index is 454. The van der Waals surface area contributed by atoms with E-state index in [4.69, 9.17) is 17.3 Å². The van der Waals surface area contributed by atoms with E-state index >= 15 is 0 Å². The molecule has 0 heterocycles. The third-order valence-electron chi connectivity index (χ3n) is 2.00. The maximum atomic E-state index is 11.5. The van der Waals surface area contributed by atoms with Crippen LogP contribution < -0.4 is 5.73 Å². The molecular formula is C10H14ClNO2S. The molecule has 5 heteroatoms. The van der Waals surface area contributed by atoms with Crippen LogP contribution in [0.3, 0.4) is 0 Å². The molecular weight excluding hydrogens is 234 g/mol. The second kappa shape index (κ2) is 4.51. The summed E-state index contributed by atoms with van der Waals surface area (Å²) in [6, 6.07) is 4.74. The van der Waals surface area contributed by atoms with Crippen LogP contribution in [0, 0.1) is 0 Å². The predicted octanol–water partition coefficient (Wildman–Crippen LogP) is 1.63. The maximum Gasteiger partial charge on any atom is 0.175 e. The van der Waals surface area contributed by atoms with E-state index in [0.29, 0.717) is 17.0 Å². The summed E-state index contributed by atoms with van der Waals surface area (Å²) in [5.41, 5.74) is 6.26. The number of nitrogens with two attached hydrogens (primary N) is 1. The van der Waals surface area contributed by atoms with Crippen molar-refractivity contribution in [3.8, 4) is 0 Å². The van der Waals surface area contributed by atoms with Gasteiger partial charge in [-0.05, 0) is 31.0 Å². The van der Waals surface area contributed by atoms with Crippen LogP contribution in [-0.2, 0) is 16.3 Å². The van der Waals surface area contributed by atoms with Gasteiger partial charge in [-0.25, -0.2) is 8.42 Å². The molecule has 15 heavy (non-hydrogen) atoms. The van der Waals surface area contributed by atoms with Gasteiger partial charge < -0.3 is 5.73 Å². The fourth-order valence-electron chi connectivity index (χ4n) is 1.41. The minimum Gasteiger partial charge on any atom is -0.328 e. The first-order chi connectivity index (χ1) is 6.82. The second-order valence-electron chi connectivity index (χ2n) is 3.67. The fourth-order valence-corrected chi connectivity index (χ4v) is 2.68. The van der Waals surface area contributed by atoms with Crippen molar-refractivity contribution < 1.29 is 8.42 Å². The molecule has 0 radical (unpaired) electrons. The molecule has 0 aliphatic carbocycles. The average Bonchev–Trinajstić information content (AvgIpc) is 2.05. The van der Waals surface area contributed by atoms with Crippen LogP contribution >= 0.6 is 11.6 Å².